The van der Waals surface area contributed by atoms with Gasteiger partial charge < -0.3 is 15.5 Å². The molecule has 0 unspecified atom stereocenters. The zero-order valence-corrected chi connectivity index (χ0v) is 19.7. The minimum absolute atomic E-state index is 0.0372. The van der Waals surface area contributed by atoms with Gasteiger partial charge in [0, 0.05) is 13.0 Å². The van der Waals surface area contributed by atoms with Gasteiger partial charge in [0.2, 0.25) is 5.91 Å². The number of thiophene rings is 1. The van der Waals surface area contributed by atoms with Crippen molar-refractivity contribution in [3.05, 3.63) is 93.7 Å². The molecule has 32 heavy (non-hydrogen) atoms. The van der Waals surface area contributed by atoms with Crippen molar-refractivity contribution in [2.24, 2.45) is 0 Å². The van der Waals surface area contributed by atoms with Crippen LogP contribution in [0.25, 0.3) is 0 Å². The van der Waals surface area contributed by atoms with Gasteiger partial charge in [0.05, 0.1) is 10.9 Å². The number of rotatable bonds is 10. The Kier molecular flexibility index (Phi) is 8.59. The zero-order valence-electron chi connectivity index (χ0n) is 18.9. The second-order valence-electron chi connectivity index (χ2n) is 8.01. The number of hydrogen-bond donors (Lipinski definition) is 2. The minimum atomic E-state index is -0.655. The summed E-state index contributed by atoms with van der Waals surface area (Å²) in [6, 6.07) is 21.2. The number of carbonyl (C=O) groups excluding carboxylic acids is 2. The van der Waals surface area contributed by atoms with Gasteiger partial charge in [0.15, 0.2) is 0 Å². The predicted octanol–water partition coefficient (Wildman–Crippen LogP) is 4.07. The number of amides is 2. The average molecular weight is 450 g/mol. The Morgan fingerprint density at radius 2 is 1.66 bits per heavy atom. The van der Waals surface area contributed by atoms with Gasteiger partial charge in [-0.25, -0.2) is 0 Å². The smallest absolute Gasteiger partial charge is 0.262 e. The highest BCUT2D eigenvalue weighted by atomic mass is 32.1. The van der Waals surface area contributed by atoms with Gasteiger partial charge >= 0.3 is 0 Å². The molecule has 0 saturated heterocycles. The van der Waals surface area contributed by atoms with Crippen LogP contribution in [0.4, 0.5) is 0 Å². The first-order chi connectivity index (χ1) is 15.5. The number of benzene rings is 2. The highest BCUT2D eigenvalue weighted by Crippen LogP contribution is 2.18. The summed E-state index contributed by atoms with van der Waals surface area (Å²) in [5.74, 6) is -0.411. The molecule has 0 fully saturated rings. The Bertz CT molecular complexity index is 986. The Balaban J connectivity index is 1.71. The zero-order chi connectivity index (χ0) is 22.9. The maximum absolute atomic E-state index is 13.2. The quantitative estimate of drug-likeness (QED) is 0.491. The number of nitrogens with zero attached hydrogens (tertiary/aromatic N) is 1. The van der Waals surface area contributed by atoms with Gasteiger partial charge in [-0.05, 0) is 48.7 Å². The van der Waals surface area contributed by atoms with Crippen LogP contribution < -0.4 is 10.6 Å². The van der Waals surface area contributed by atoms with E-state index in [-0.39, 0.29) is 17.9 Å². The van der Waals surface area contributed by atoms with E-state index in [1.54, 1.807) is 6.07 Å². The number of nitrogens with one attached hydrogen (secondary N) is 2. The standard InChI is InChI=1S/C26H31N3O2S/c1-4-19-12-14-21(15-13-19)23(29(2)3)18-27-25(30)22(17-20-9-6-5-7-10-20)28-26(31)24-11-8-16-32-24/h5-16,22-23H,4,17-18H2,1-3H3,(H,27,30)(H,28,31)/t22-,23+/m1/s1. The third-order valence-corrected chi connectivity index (χ3v) is 6.38. The molecule has 6 heteroatoms. The third kappa shape index (κ3) is 6.52. The molecule has 0 bridgehead atoms. The molecule has 2 amide bonds. The van der Waals surface area contributed by atoms with E-state index in [0.717, 1.165) is 17.5 Å². The largest absolute Gasteiger partial charge is 0.352 e. The summed E-state index contributed by atoms with van der Waals surface area (Å²) in [5, 5.41) is 7.85. The molecule has 1 aromatic heterocycles. The molecule has 2 aromatic carbocycles. The van der Waals surface area contributed by atoms with Crippen molar-refractivity contribution in [3.8, 4) is 0 Å². The SMILES string of the molecule is CCc1ccc([C@H](CNC(=O)[C@@H](Cc2ccccc2)NC(=O)c2cccs2)N(C)C)cc1. The molecule has 0 aliphatic heterocycles. The monoisotopic (exact) mass is 449 g/mol. The Morgan fingerprint density at radius 3 is 2.25 bits per heavy atom. The molecule has 0 radical (unpaired) electrons. The first kappa shape index (κ1) is 23.7. The van der Waals surface area contributed by atoms with E-state index in [0.29, 0.717) is 17.8 Å². The van der Waals surface area contributed by atoms with Crippen molar-refractivity contribution in [2.75, 3.05) is 20.6 Å². The summed E-state index contributed by atoms with van der Waals surface area (Å²) < 4.78 is 0. The highest BCUT2D eigenvalue weighted by molar-refractivity contribution is 7.12. The van der Waals surface area contributed by atoms with Crippen molar-refractivity contribution < 1.29 is 9.59 Å². The van der Waals surface area contributed by atoms with Crippen molar-refractivity contribution in [2.45, 2.75) is 31.8 Å². The summed E-state index contributed by atoms with van der Waals surface area (Å²) in [6.45, 7) is 2.59. The fraction of sp³-hybridized carbons (Fsp3) is 0.308. The Labute approximate surface area is 194 Å². The number of likely N-dealkylation sites (N-methyl/N-ethyl adjacent to an activating group) is 1. The molecule has 2 atom stereocenters. The average Bonchev–Trinajstić information content (AvgIpc) is 3.35. The lowest BCUT2D eigenvalue weighted by molar-refractivity contribution is -0.123. The predicted molar refractivity (Wildman–Crippen MR) is 131 cm³/mol. The maximum Gasteiger partial charge on any atom is 0.262 e. The molecule has 168 valence electrons. The topological polar surface area (TPSA) is 61.4 Å². The first-order valence-corrected chi connectivity index (χ1v) is 11.8. The van der Waals surface area contributed by atoms with Crippen molar-refractivity contribution in [1.82, 2.24) is 15.5 Å². The molecular weight excluding hydrogens is 418 g/mol. The second kappa shape index (κ2) is 11.6. The normalized spacial score (nSPS) is 12.9. The molecule has 0 aliphatic carbocycles. The van der Waals surface area contributed by atoms with Crippen LogP contribution in [-0.2, 0) is 17.6 Å². The maximum atomic E-state index is 13.2. The second-order valence-corrected chi connectivity index (χ2v) is 8.96. The van der Waals surface area contributed by atoms with Crippen LogP contribution in [0.5, 0.6) is 0 Å². The van der Waals surface area contributed by atoms with Crippen LogP contribution in [0, 0.1) is 0 Å². The van der Waals surface area contributed by atoms with E-state index >= 15 is 0 Å². The molecule has 0 saturated carbocycles. The van der Waals surface area contributed by atoms with E-state index in [1.165, 1.54) is 16.9 Å². The van der Waals surface area contributed by atoms with Crippen molar-refractivity contribution >= 4 is 23.2 Å². The van der Waals surface area contributed by atoms with Crippen LogP contribution in [-0.4, -0.2) is 43.4 Å². The lowest BCUT2D eigenvalue weighted by atomic mass is 10.0. The molecule has 3 rings (SSSR count). The summed E-state index contributed by atoms with van der Waals surface area (Å²) in [4.78, 5) is 28.5. The number of carbonyl (C=O) groups is 2. The van der Waals surface area contributed by atoms with Crippen LogP contribution in [0.1, 0.15) is 39.3 Å². The molecular formula is C26H31N3O2S. The molecule has 3 aromatic rings. The molecule has 0 spiro atoms. The van der Waals surface area contributed by atoms with Crippen LogP contribution in [0.2, 0.25) is 0 Å². The third-order valence-electron chi connectivity index (χ3n) is 5.52. The molecule has 2 N–H and O–H groups in total. The minimum Gasteiger partial charge on any atom is -0.352 e. The van der Waals surface area contributed by atoms with E-state index in [9.17, 15) is 9.59 Å². The van der Waals surface area contributed by atoms with Crippen molar-refractivity contribution in [1.29, 1.82) is 0 Å². The van der Waals surface area contributed by atoms with E-state index in [4.69, 9.17) is 0 Å². The van der Waals surface area contributed by atoms with Gasteiger partial charge in [-0.15, -0.1) is 11.3 Å². The number of hydrogen-bond acceptors (Lipinski definition) is 4. The van der Waals surface area contributed by atoms with Crippen molar-refractivity contribution in [3.63, 3.8) is 0 Å². The summed E-state index contributed by atoms with van der Waals surface area (Å²) in [7, 11) is 4.01. The van der Waals surface area contributed by atoms with Gasteiger partial charge in [0.25, 0.3) is 5.91 Å². The lowest BCUT2D eigenvalue weighted by Gasteiger charge is -2.27. The van der Waals surface area contributed by atoms with Crippen LogP contribution >= 0.6 is 11.3 Å². The van der Waals surface area contributed by atoms with Gasteiger partial charge in [-0.3, -0.25) is 9.59 Å². The van der Waals surface area contributed by atoms with E-state index in [1.807, 2.05) is 55.9 Å². The lowest BCUT2D eigenvalue weighted by Crippen LogP contribution is -2.49. The van der Waals surface area contributed by atoms with Crippen LogP contribution in [0.3, 0.4) is 0 Å². The van der Waals surface area contributed by atoms with E-state index in [2.05, 4.69) is 46.7 Å². The van der Waals surface area contributed by atoms with Gasteiger partial charge in [0.1, 0.15) is 6.04 Å². The fourth-order valence-electron chi connectivity index (χ4n) is 3.59. The Morgan fingerprint density at radius 1 is 0.938 bits per heavy atom. The first-order valence-electron chi connectivity index (χ1n) is 10.9. The van der Waals surface area contributed by atoms with E-state index < -0.39 is 6.04 Å². The number of aryl methyl sites for hydroxylation is 1. The molecule has 1 heterocycles. The van der Waals surface area contributed by atoms with Crippen LogP contribution in [0.15, 0.2) is 72.1 Å². The highest BCUT2D eigenvalue weighted by Gasteiger charge is 2.24. The summed E-state index contributed by atoms with van der Waals surface area (Å²) in [6.07, 6.45) is 1.43. The molecule has 0 aliphatic rings. The fourth-order valence-corrected chi connectivity index (χ4v) is 4.22. The molecule has 5 nitrogen and oxygen atoms in total. The van der Waals surface area contributed by atoms with Gasteiger partial charge in [-0.2, -0.15) is 0 Å². The van der Waals surface area contributed by atoms with Gasteiger partial charge in [-0.1, -0.05) is 67.6 Å². The Hall–Kier alpha value is -2.96. The summed E-state index contributed by atoms with van der Waals surface area (Å²) >= 11 is 1.36. The summed E-state index contributed by atoms with van der Waals surface area (Å²) in [5.41, 5.74) is 3.43.